The third-order valence-corrected chi connectivity index (χ3v) is 5.80. The van der Waals surface area contributed by atoms with E-state index in [1.165, 1.54) is 5.56 Å². The number of nitrogens with zero attached hydrogens (tertiary/aromatic N) is 2. The normalized spacial score (nSPS) is 21.7. The average Bonchev–Trinajstić information content (AvgIpc) is 2.76. The number of carboxylic acid groups (broad SMARTS) is 1. The summed E-state index contributed by atoms with van der Waals surface area (Å²) in [6.45, 7) is 2.31. The van der Waals surface area contributed by atoms with Gasteiger partial charge >= 0.3 is 5.97 Å². The first-order chi connectivity index (χ1) is 14.9. The second-order valence-corrected chi connectivity index (χ2v) is 8.02. The minimum atomic E-state index is -1.22. The van der Waals surface area contributed by atoms with Gasteiger partial charge in [0.2, 0.25) is 5.88 Å². The Morgan fingerprint density at radius 3 is 2.61 bits per heavy atom. The number of carboxylic acids is 1. The maximum absolute atomic E-state index is 12.7. The first-order valence-corrected chi connectivity index (χ1v) is 10.7. The molecule has 31 heavy (non-hydrogen) atoms. The number of carbonyl (C=O) groups is 3. The first-order valence-electron chi connectivity index (χ1n) is 10.7. The Morgan fingerprint density at radius 1 is 1.26 bits per heavy atom. The average molecular weight is 431 g/mol. The summed E-state index contributed by atoms with van der Waals surface area (Å²) in [4.78, 5) is 41.4. The largest absolute Gasteiger partial charge is 0.511 e. The van der Waals surface area contributed by atoms with Gasteiger partial charge in [0, 0.05) is 31.8 Å². The number of nitrogens with one attached hydrogen (secondary N) is 1. The number of pyridine rings is 1. The van der Waals surface area contributed by atoms with Gasteiger partial charge in [-0.15, -0.1) is 0 Å². The number of carbonyl (C=O) groups excluding carboxylic acids is 2. The van der Waals surface area contributed by atoms with Crippen LogP contribution in [0.25, 0.3) is 0 Å². The Bertz CT molecular complexity index is 843. The van der Waals surface area contributed by atoms with Gasteiger partial charge in [0.1, 0.15) is 24.0 Å². The van der Waals surface area contributed by atoms with Crippen LogP contribution in [0.2, 0.25) is 0 Å². The van der Waals surface area contributed by atoms with E-state index in [0.29, 0.717) is 19.0 Å². The molecule has 0 bridgehead atoms. The second kappa shape index (κ2) is 10.3. The molecular weight excluding hydrogens is 402 g/mol. The van der Waals surface area contributed by atoms with Crippen LogP contribution in [0.1, 0.15) is 44.6 Å². The summed E-state index contributed by atoms with van der Waals surface area (Å²) >= 11 is 0. The minimum absolute atomic E-state index is 0.0922. The van der Waals surface area contributed by atoms with Gasteiger partial charge in [-0.05, 0) is 43.6 Å². The van der Waals surface area contributed by atoms with E-state index in [4.69, 9.17) is 9.84 Å². The molecule has 3 rings (SSSR count). The van der Waals surface area contributed by atoms with Crippen LogP contribution in [0.5, 0.6) is 5.88 Å². The molecule has 2 heterocycles. The van der Waals surface area contributed by atoms with Crippen molar-refractivity contribution < 1.29 is 29.3 Å². The molecule has 0 unspecified atom stereocenters. The van der Waals surface area contributed by atoms with E-state index in [1.54, 1.807) is 4.90 Å². The lowest BCUT2D eigenvalue weighted by atomic mass is 9.86. The Kier molecular flexibility index (Phi) is 7.49. The lowest BCUT2D eigenvalue weighted by molar-refractivity contribution is -0.138. The SMILES string of the molecule is CCc1ccc(OC2CCC(CN3CCC(O)=C(C(=O)NCC(=O)O)C3=O)CC2)nc1. The number of rotatable bonds is 8. The molecule has 3 N–H and O–H groups in total. The lowest BCUT2D eigenvalue weighted by Crippen LogP contribution is -2.45. The van der Waals surface area contributed by atoms with Crippen LogP contribution in [0.3, 0.4) is 0 Å². The van der Waals surface area contributed by atoms with E-state index in [-0.39, 0.29) is 29.8 Å². The van der Waals surface area contributed by atoms with E-state index in [1.807, 2.05) is 18.3 Å². The Hall–Kier alpha value is -3.10. The van der Waals surface area contributed by atoms with Crippen LogP contribution < -0.4 is 10.1 Å². The summed E-state index contributed by atoms with van der Waals surface area (Å²) < 4.78 is 5.99. The summed E-state index contributed by atoms with van der Waals surface area (Å²) in [6.07, 6.45) is 6.53. The number of amides is 2. The van der Waals surface area contributed by atoms with Crippen molar-refractivity contribution >= 4 is 17.8 Å². The van der Waals surface area contributed by atoms with Gasteiger partial charge in [0.15, 0.2) is 0 Å². The van der Waals surface area contributed by atoms with Crippen molar-refractivity contribution in [3.8, 4) is 5.88 Å². The number of aliphatic hydroxyl groups excluding tert-OH is 1. The maximum Gasteiger partial charge on any atom is 0.322 e. The van der Waals surface area contributed by atoms with Crippen LogP contribution in [0.4, 0.5) is 0 Å². The Labute approximate surface area is 181 Å². The molecule has 0 radical (unpaired) electrons. The van der Waals surface area contributed by atoms with Gasteiger partial charge in [-0.25, -0.2) is 4.98 Å². The van der Waals surface area contributed by atoms with Crippen molar-refractivity contribution in [2.24, 2.45) is 5.92 Å². The zero-order valence-electron chi connectivity index (χ0n) is 17.7. The van der Waals surface area contributed by atoms with Crippen molar-refractivity contribution in [1.82, 2.24) is 15.2 Å². The van der Waals surface area contributed by atoms with Gasteiger partial charge in [0.05, 0.1) is 0 Å². The fourth-order valence-corrected chi connectivity index (χ4v) is 4.00. The molecule has 9 heteroatoms. The summed E-state index contributed by atoms with van der Waals surface area (Å²) in [6, 6.07) is 3.91. The van der Waals surface area contributed by atoms with Gasteiger partial charge in [-0.1, -0.05) is 13.0 Å². The highest BCUT2D eigenvalue weighted by molar-refractivity contribution is 6.19. The molecule has 9 nitrogen and oxygen atoms in total. The fraction of sp³-hybridized carbons (Fsp3) is 0.545. The number of ether oxygens (including phenoxy) is 1. The van der Waals surface area contributed by atoms with E-state index in [9.17, 15) is 19.5 Å². The van der Waals surface area contributed by atoms with Crippen LogP contribution in [0, 0.1) is 5.92 Å². The van der Waals surface area contributed by atoms with Gasteiger partial charge in [-0.2, -0.15) is 0 Å². The molecule has 2 aliphatic rings. The van der Waals surface area contributed by atoms with Gasteiger partial charge in [-0.3, -0.25) is 14.4 Å². The third kappa shape index (κ3) is 5.96. The number of hydrogen-bond donors (Lipinski definition) is 3. The first kappa shape index (κ1) is 22.6. The van der Waals surface area contributed by atoms with Crippen LogP contribution in [0.15, 0.2) is 29.7 Å². The molecular formula is C22H29N3O6. The molecule has 1 saturated carbocycles. The number of aromatic nitrogens is 1. The maximum atomic E-state index is 12.7. The third-order valence-electron chi connectivity index (χ3n) is 5.80. The summed E-state index contributed by atoms with van der Waals surface area (Å²) in [5, 5.41) is 20.9. The fourth-order valence-electron chi connectivity index (χ4n) is 4.00. The quantitative estimate of drug-likeness (QED) is 0.536. The van der Waals surface area contributed by atoms with E-state index in [0.717, 1.165) is 32.1 Å². The van der Waals surface area contributed by atoms with E-state index < -0.39 is 24.3 Å². The highest BCUT2D eigenvalue weighted by Crippen LogP contribution is 2.29. The highest BCUT2D eigenvalue weighted by atomic mass is 16.5. The van der Waals surface area contributed by atoms with Gasteiger partial charge in [0.25, 0.3) is 11.8 Å². The molecule has 1 aliphatic carbocycles. The van der Waals surface area contributed by atoms with Crippen molar-refractivity contribution in [3.05, 3.63) is 35.2 Å². The topological polar surface area (TPSA) is 129 Å². The van der Waals surface area contributed by atoms with Crippen molar-refractivity contribution in [1.29, 1.82) is 0 Å². The molecule has 1 aromatic heterocycles. The highest BCUT2D eigenvalue weighted by Gasteiger charge is 2.34. The molecule has 0 aromatic carbocycles. The monoisotopic (exact) mass is 431 g/mol. The number of aryl methyl sites for hydroxylation is 1. The summed E-state index contributed by atoms with van der Waals surface area (Å²) in [5.41, 5.74) is 0.810. The molecule has 0 atom stereocenters. The Morgan fingerprint density at radius 2 is 2.00 bits per heavy atom. The molecule has 0 spiro atoms. The molecule has 1 aliphatic heterocycles. The lowest BCUT2D eigenvalue weighted by Gasteiger charge is -2.34. The molecule has 1 fully saturated rings. The second-order valence-electron chi connectivity index (χ2n) is 8.02. The summed E-state index contributed by atoms with van der Waals surface area (Å²) in [7, 11) is 0. The summed E-state index contributed by atoms with van der Waals surface area (Å²) in [5.74, 6) is -2.00. The van der Waals surface area contributed by atoms with Gasteiger partial charge < -0.3 is 25.2 Å². The van der Waals surface area contributed by atoms with E-state index >= 15 is 0 Å². The number of aliphatic carboxylic acids is 1. The standard InChI is InChI=1S/C22H29N3O6/c1-2-14-5-8-18(23-11-14)31-16-6-3-15(4-7-16)13-25-10-9-17(26)20(22(25)30)21(29)24-12-19(27)28/h5,8,11,15-16,26H,2-4,6-7,9-10,12-13H2,1H3,(H,24,29)(H,27,28). The zero-order chi connectivity index (χ0) is 22.4. The van der Waals surface area contributed by atoms with E-state index in [2.05, 4.69) is 17.2 Å². The van der Waals surface area contributed by atoms with Crippen LogP contribution in [-0.2, 0) is 20.8 Å². The predicted molar refractivity (Wildman–Crippen MR) is 111 cm³/mol. The molecule has 2 amide bonds. The molecule has 168 valence electrons. The number of hydrogen-bond acceptors (Lipinski definition) is 6. The Balaban J connectivity index is 1.50. The zero-order valence-corrected chi connectivity index (χ0v) is 17.7. The van der Waals surface area contributed by atoms with Crippen LogP contribution in [-0.4, -0.2) is 63.6 Å². The van der Waals surface area contributed by atoms with Crippen molar-refractivity contribution in [2.45, 2.75) is 51.6 Å². The smallest absolute Gasteiger partial charge is 0.322 e. The molecule has 1 aromatic rings. The number of aliphatic hydroxyl groups is 1. The minimum Gasteiger partial charge on any atom is -0.511 e. The molecule has 0 saturated heterocycles. The van der Waals surface area contributed by atoms with Crippen molar-refractivity contribution in [3.63, 3.8) is 0 Å². The predicted octanol–water partition coefficient (Wildman–Crippen LogP) is 1.83. The van der Waals surface area contributed by atoms with Crippen molar-refractivity contribution in [2.75, 3.05) is 19.6 Å². The van der Waals surface area contributed by atoms with Crippen LogP contribution >= 0.6 is 0 Å².